The average Bonchev–Trinajstić information content (AvgIpc) is 2.36. The summed E-state index contributed by atoms with van der Waals surface area (Å²) in [6, 6.07) is 6.45. The minimum Gasteiger partial charge on any atom is -0.465 e. The van der Waals surface area contributed by atoms with Crippen LogP contribution in [0.2, 0.25) is 0 Å². The highest BCUT2D eigenvalue weighted by molar-refractivity contribution is 6.01. The van der Waals surface area contributed by atoms with Crippen LogP contribution < -0.4 is 11.1 Å². The molecule has 2 amide bonds. The first kappa shape index (κ1) is 13.7. The Labute approximate surface area is 104 Å². The minimum atomic E-state index is -0.550. The van der Waals surface area contributed by atoms with Gasteiger partial charge in [-0.2, -0.15) is 0 Å². The van der Waals surface area contributed by atoms with Gasteiger partial charge in [-0.3, -0.25) is 9.59 Å². The first-order chi connectivity index (χ1) is 8.54. The van der Waals surface area contributed by atoms with Crippen molar-refractivity contribution in [1.82, 2.24) is 0 Å². The van der Waals surface area contributed by atoms with Gasteiger partial charge in [0.2, 0.25) is 11.8 Å². The van der Waals surface area contributed by atoms with E-state index in [9.17, 15) is 14.4 Å². The van der Waals surface area contributed by atoms with E-state index in [4.69, 9.17) is 5.73 Å². The van der Waals surface area contributed by atoms with Gasteiger partial charge in [-0.05, 0) is 12.1 Å². The number of nitrogens with two attached hydrogens (primary N) is 1. The van der Waals surface area contributed by atoms with Crippen molar-refractivity contribution < 1.29 is 19.1 Å². The maximum atomic E-state index is 11.5. The molecule has 0 saturated heterocycles. The summed E-state index contributed by atoms with van der Waals surface area (Å²) in [4.78, 5) is 33.5. The van der Waals surface area contributed by atoms with Crippen molar-refractivity contribution in [1.29, 1.82) is 0 Å². The van der Waals surface area contributed by atoms with Gasteiger partial charge in [0.05, 0.1) is 18.4 Å². The second-order valence-electron chi connectivity index (χ2n) is 3.55. The van der Waals surface area contributed by atoms with Gasteiger partial charge in [-0.1, -0.05) is 12.1 Å². The third kappa shape index (κ3) is 3.89. The summed E-state index contributed by atoms with van der Waals surface area (Å²) in [5.74, 6) is -1.47. The Balaban J connectivity index is 2.75. The van der Waals surface area contributed by atoms with Crippen LogP contribution in [-0.4, -0.2) is 24.9 Å². The topological polar surface area (TPSA) is 98.5 Å². The van der Waals surface area contributed by atoms with E-state index in [2.05, 4.69) is 10.1 Å². The number of hydrogen-bond donors (Lipinski definition) is 2. The Morgan fingerprint density at radius 1 is 1.22 bits per heavy atom. The molecule has 0 aliphatic carbocycles. The summed E-state index contributed by atoms with van der Waals surface area (Å²) in [7, 11) is 1.26. The highest BCUT2D eigenvalue weighted by atomic mass is 16.5. The Morgan fingerprint density at radius 3 is 2.50 bits per heavy atom. The fraction of sp³-hybridized carbons (Fsp3) is 0.250. The van der Waals surface area contributed by atoms with E-state index in [1.807, 2.05) is 0 Å². The van der Waals surface area contributed by atoms with E-state index >= 15 is 0 Å². The fourth-order valence-electron chi connectivity index (χ4n) is 1.33. The predicted octanol–water partition coefficient (Wildman–Crippen LogP) is 0.677. The second kappa shape index (κ2) is 6.39. The molecule has 0 spiro atoms. The monoisotopic (exact) mass is 250 g/mol. The van der Waals surface area contributed by atoms with Crippen LogP contribution in [-0.2, 0) is 14.3 Å². The van der Waals surface area contributed by atoms with Crippen LogP contribution in [0.1, 0.15) is 23.2 Å². The Bertz CT molecular complexity index is 471. The quantitative estimate of drug-likeness (QED) is 0.750. The Hall–Kier alpha value is -2.37. The highest BCUT2D eigenvalue weighted by Crippen LogP contribution is 2.16. The number of esters is 1. The summed E-state index contributed by atoms with van der Waals surface area (Å²) in [5, 5.41) is 2.53. The smallest absolute Gasteiger partial charge is 0.339 e. The number of amides is 2. The van der Waals surface area contributed by atoms with E-state index in [0.717, 1.165) is 0 Å². The van der Waals surface area contributed by atoms with Crippen LogP contribution in [0.4, 0.5) is 5.69 Å². The molecular weight excluding hydrogens is 236 g/mol. The Morgan fingerprint density at radius 2 is 1.89 bits per heavy atom. The molecule has 1 aromatic rings. The summed E-state index contributed by atoms with van der Waals surface area (Å²) in [6.07, 6.45) is -0.0585. The fourth-order valence-corrected chi connectivity index (χ4v) is 1.33. The lowest BCUT2D eigenvalue weighted by atomic mass is 10.1. The van der Waals surface area contributed by atoms with Crippen molar-refractivity contribution in [2.75, 3.05) is 12.4 Å². The summed E-state index contributed by atoms with van der Waals surface area (Å²) in [5.41, 5.74) is 5.54. The van der Waals surface area contributed by atoms with Crippen molar-refractivity contribution in [3.63, 3.8) is 0 Å². The van der Waals surface area contributed by atoms with Gasteiger partial charge < -0.3 is 15.8 Å². The molecule has 3 N–H and O–H groups in total. The van der Waals surface area contributed by atoms with Crippen LogP contribution in [0.3, 0.4) is 0 Å². The van der Waals surface area contributed by atoms with Gasteiger partial charge in [-0.25, -0.2) is 4.79 Å². The summed E-state index contributed by atoms with van der Waals surface area (Å²) in [6.45, 7) is 0. The molecule has 6 heteroatoms. The average molecular weight is 250 g/mol. The molecule has 6 nitrogen and oxygen atoms in total. The van der Waals surface area contributed by atoms with Gasteiger partial charge in [-0.15, -0.1) is 0 Å². The van der Waals surface area contributed by atoms with Crippen LogP contribution >= 0.6 is 0 Å². The van der Waals surface area contributed by atoms with Gasteiger partial charge in [0, 0.05) is 12.8 Å². The van der Waals surface area contributed by atoms with Gasteiger partial charge in [0.25, 0.3) is 0 Å². The molecule has 0 aromatic heterocycles. The second-order valence-corrected chi connectivity index (χ2v) is 3.55. The van der Waals surface area contributed by atoms with Crippen LogP contribution in [0.25, 0.3) is 0 Å². The number of hydrogen-bond acceptors (Lipinski definition) is 4. The number of anilines is 1. The molecule has 0 aliphatic rings. The zero-order valence-electron chi connectivity index (χ0n) is 9.93. The van der Waals surface area contributed by atoms with Crippen LogP contribution in [0.15, 0.2) is 24.3 Å². The summed E-state index contributed by atoms with van der Waals surface area (Å²) >= 11 is 0. The lowest BCUT2D eigenvalue weighted by Crippen LogP contribution is -2.18. The molecule has 0 heterocycles. The maximum absolute atomic E-state index is 11.5. The molecule has 0 atom stereocenters. The number of ether oxygens (including phenoxy) is 1. The number of primary amides is 1. The highest BCUT2D eigenvalue weighted by Gasteiger charge is 2.13. The van der Waals surface area contributed by atoms with Crippen molar-refractivity contribution in [3.8, 4) is 0 Å². The summed E-state index contributed by atoms with van der Waals surface area (Å²) < 4.78 is 4.59. The van der Waals surface area contributed by atoms with Crippen molar-refractivity contribution in [2.45, 2.75) is 12.8 Å². The maximum Gasteiger partial charge on any atom is 0.339 e. The molecule has 96 valence electrons. The SMILES string of the molecule is COC(=O)c1ccccc1NC(=O)CCC(N)=O. The molecule has 0 fully saturated rings. The number of rotatable bonds is 5. The van der Waals surface area contributed by atoms with E-state index in [1.165, 1.54) is 13.2 Å². The molecule has 0 aliphatic heterocycles. The molecule has 0 unspecified atom stereocenters. The molecule has 1 aromatic carbocycles. The standard InChI is InChI=1S/C12H14N2O4/c1-18-12(17)8-4-2-3-5-9(8)14-11(16)7-6-10(13)15/h2-5H,6-7H2,1H3,(H2,13,15)(H,14,16). The van der Waals surface area contributed by atoms with Crippen molar-refractivity contribution >= 4 is 23.5 Å². The van der Waals surface area contributed by atoms with E-state index in [-0.39, 0.29) is 24.3 Å². The molecule has 1 rings (SSSR count). The molecule has 0 bridgehead atoms. The molecule has 0 saturated carbocycles. The number of methoxy groups -OCH3 is 1. The number of benzene rings is 1. The van der Waals surface area contributed by atoms with Crippen LogP contribution in [0, 0.1) is 0 Å². The number of para-hydroxylation sites is 1. The van der Waals surface area contributed by atoms with Gasteiger partial charge in [0.15, 0.2) is 0 Å². The zero-order chi connectivity index (χ0) is 13.5. The van der Waals surface area contributed by atoms with E-state index < -0.39 is 11.9 Å². The first-order valence-corrected chi connectivity index (χ1v) is 5.30. The molecule has 18 heavy (non-hydrogen) atoms. The third-order valence-corrected chi connectivity index (χ3v) is 2.20. The largest absolute Gasteiger partial charge is 0.465 e. The van der Waals surface area contributed by atoms with Gasteiger partial charge >= 0.3 is 5.97 Å². The lowest BCUT2D eigenvalue weighted by Gasteiger charge is -2.08. The molecular formula is C12H14N2O4. The predicted molar refractivity (Wildman–Crippen MR) is 64.8 cm³/mol. The number of carbonyl (C=O) groups is 3. The third-order valence-electron chi connectivity index (χ3n) is 2.20. The lowest BCUT2D eigenvalue weighted by molar-refractivity contribution is -0.122. The van der Waals surface area contributed by atoms with E-state index in [0.29, 0.717) is 5.69 Å². The first-order valence-electron chi connectivity index (χ1n) is 5.30. The molecule has 0 radical (unpaired) electrons. The normalized spacial score (nSPS) is 9.61. The number of carbonyl (C=O) groups excluding carboxylic acids is 3. The zero-order valence-corrected chi connectivity index (χ0v) is 9.93. The minimum absolute atomic E-state index is 0.0230. The van der Waals surface area contributed by atoms with Crippen molar-refractivity contribution in [2.24, 2.45) is 5.73 Å². The van der Waals surface area contributed by atoms with Gasteiger partial charge in [0.1, 0.15) is 0 Å². The van der Waals surface area contributed by atoms with Crippen LogP contribution in [0.5, 0.6) is 0 Å². The number of nitrogens with one attached hydrogen (secondary N) is 1. The Kier molecular flexibility index (Phi) is 4.86. The van der Waals surface area contributed by atoms with Crippen molar-refractivity contribution in [3.05, 3.63) is 29.8 Å². The van der Waals surface area contributed by atoms with E-state index in [1.54, 1.807) is 18.2 Å².